The molecule has 6 nitrogen and oxygen atoms in total. The smallest absolute Gasteiger partial charge is 0.334 e. The molecule has 132 valence electrons. The van der Waals surface area contributed by atoms with Crippen molar-refractivity contribution in [2.24, 2.45) is 0 Å². The number of imidazole rings is 1. The second kappa shape index (κ2) is 6.06. The third kappa shape index (κ3) is 3.23. The number of hydrogen-bond donors (Lipinski definition) is 2. The number of rotatable bonds is 3. The Kier molecular flexibility index (Phi) is 3.83. The third-order valence-corrected chi connectivity index (χ3v) is 4.44. The van der Waals surface area contributed by atoms with Crippen LogP contribution in [0.3, 0.4) is 0 Å². The Bertz CT molecular complexity index is 1080. The molecule has 2 N–H and O–H groups in total. The number of nitrogens with zero attached hydrogens (tertiary/aromatic N) is 4. The first-order chi connectivity index (χ1) is 12.4. The molecule has 0 unspecified atom stereocenters. The van der Waals surface area contributed by atoms with E-state index >= 15 is 0 Å². The number of alkyl halides is 3. The van der Waals surface area contributed by atoms with Crippen LogP contribution in [0.15, 0.2) is 36.7 Å². The number of fused-ring (bicyclic) bond motifs is 1. The van der Waals surface area contributed by atoms with Crippen molar-refractivity contribution in [3.8, 4) is 10.7 Å². The van der Waals surface area contributed by atoms with Gasteiger partial charge in [-0.2, -0.15) is 13.2 Å². The minimum absolute atomic E-state index is 0.203. The number of aromatic amines is 1. The fourth-order valence-electron chi connectivity index (χ4n) is 2.36. The van der Waals surface area contributed by atoms with Gasteiger partial charge in [-0.15, -0.1) is 11.3 Å². The van der Waals surface area contributed by atoms with Gasteiger partial charge in [0.2, 0.25) is 11.8 Å². The number of aryl methyl sites for hydroxylation is 1. The van der Waals surface area contributed by atoms with E-state index in [0.29, 0.717) is 22.8 Å². The zero-order valence-corrected chi connectivity index (χ0v) is 14.1. The molecule has 0 radical (unpaired) electrons. The zero-order chi connectivity index (χ0) is 18.3. The van der Waals surface area contributed by atoms with Crippen molar-refractivity contribution in [1.29, 1.82) is 0 Å². The Balaban J connectivity index is 1.63. The molecule has 0 fully saturated rings. The summed E-state index contributed by atoms with van der Waals surface area (Å²) in [4.78, 5) is 19.7. The molecule has 4 rings (SSSR count). The van der Waals surface area contributed by atoms with E-state index in [2.05, 4.69) is 30.2 Å². The Morgan fingerprint density at radius 3 is 2.69 bits per heavy atom. The SMILES string of the molecule is Cc1cnc(-c2ccnc(Nc3ccc4[nH]c(C(F)(F)F)nc4c3)n2)s1. The fraction of sp³-hybridized carbons (Fsp3) is 0.125. The maximum atomic E-state index is 12.7. The van der Waals surface area contributed by atoms with Crippen LogP contribution in [-0.2, 0) is 6.18 Å². The minimum atomic E-state index is -4.52. The van der Waals surface area contributed by atoms with Crippen LogP contribution in [0, 0.1) is 6.92 Å². The quantitative estimate of drug-likeness (QED) is 0.548. The van der Waals surface area contributed by atoms with Gasteiger partial charge in [0.25, 0.3) is 0 Å². The van der Waals surface area contributed by atoms with Gasteiger partial charge < -0.3 is 10.3 Å². The number of aromatic nitrogens is 5. The van der Waals surface area contributed by atoms with Gasteiger partial charge in [-0.1, -0.05) is 0 Å². The van der Waals surface area contributed by atoms with Crippen LogP contribution < -0.4 is 5.32 Å². The second-order valence-corrected chi connectivity index (χ2v) is 6.72. The Hall–Kier alpha value is -3.01. The highest BCUT2D eigenvalue weighted by atomic mass is 32.1. The standard InChI is InChI=1S/C16H11F3N6S/c1-8-7-21-13(26-8)11-4-5-20-15(25-11)22-9-2-3-10-12(6-9)24-14(23-10)16(17,18)19/h2-7H,1H3,(H,23,24)(H,20,22,25). The highest BCUT2D eigenvalue weighted by molar-refractivity contribution is 7.14. The van der Waals surface area contributed by atoms with E-state index in [9.17, 15) is 13.2 Å². The van der Waals surface area contributed by atoms with Gasteiger partial charge in [-0.25, -0.2) is 19.9 Å². The molecule has 0 amide bonds. The summed E-state index contributed by atoms with van der Waals surface area (Å²) in [6.45, 7) is 1.95. The van der Waals surface area contributed by atoms with Gasteiger partial charge in [0.1, 0.15) is 10.7 Å². The number of anilines is 2. The Labute approximate surface area is 149 Å². The lowest BCUT2D eigenvalue weighted by Gasteiger charge is -2.05. The molecule has 0 bridgehead atoms. The lowest BCUT2D eigenvalue weighted by Crippen LogP contribution is -2.06. The first-order valence-electron chi connectivity index (χ1n) is 7.48. The van der Waals surface area contributed by atoms with Crippen molar-refractivity contribution in [1.82, 2.24) is 24.9 Å². The summed E-state index contributed by atoms with van der Waals surface area (Å²) >= 11 is 1.51. The van der Waals surface area contributed by atoms with Gasteiger partial charge in [0.15, 0.2) is 0 Å². The van der Waals surface area contributed by atoms with Gasteiger partial charge >= 0.3 is 6.18 Å². The number of halogens is 3. The number of nitrogens with one attached hydrogen (secondary N) is 2. The molecule has 0 aliphatic heterocycles. The van der Waals surface area contributed by atoms with Crippen molar-refractivity contribution in [2.45, 2.75) is 13.1 Å². The minimum Gasteiger partial charge on any atom is -0.334 e. The summed E-state index contributed by atoms with van der Waals surface area (Å²) in [5, 5.41) is 3.75. The number of H-pyrrole nitrogens is 1. The number of hydrogen-bond acceptors (Lipinski definition) is 6. The lowest BCUT2D eigenvalue weighted by atomic mass is 10.3. The molecule has 3 aromatic heterocycles. The predicted molar refractivity (Wildman–Crippen MR) is 92.3 cm³/mol. The molecule has 0 spiro atoms. The van der Waals surface area contributed by atoms with Crippen LogP contribution in [-0.4, -0.2) is 24.9 Å². The average molecular weight is 376 g/mol. The van der Waals surface area contributed by atoms with Crippen molar-refractivity contribution < 1.29 is 13.2 Å². The second-order valence-electron chi connectivity index (χ2n) is 5.48. The third-order valence-electron chi connectivity index (χ3n) is 3.50. The Morgan fingerprint density at radius 1 is 1.12 bits per heavy atom. The highest BCUT2D eigenvalue weighted by Gasteiger charge is 2.34. The van der Waals surface area contributed by atoms with E-state index in [4.69, 9.17) is 0 Å². The molecule has 1 aromatic carbocycles. The van der Waals surface area contributed by atoms with Crippen LogP contribution in [0.4, 0.5) is 24.8 Å². The van der Waals surface area contributed by atoms with Crippen LogP contribution in [0.2, 0.25) is 0 Å². The largest absolute Gasteiger partial charge is 0.449 e. The fourth-order valence-corrected chi connectivity index (χ4v) is 3.09. The van der Waals surface area contributed by atoms with Crippen LogP contribution in [0.1, 0.15) is 10.7 Å². The summed E-state index contributed by atoms with van der Waals surface area (Å²) < 4.78 is 38.2. The molecular weight excluding hydrogens is 365 g/mol. The average Bonchev–Trinajstić information content (AvgIpc) is 3.20. The number of thiazole rings is 1. The normalized spacial score (nSPS) is 11.8. The first-order valence-corrected chi connectivity index (χ1v) is 8.30. The van der Waals surface area contributed by atoms with E-state index < -0.39 is 12.0 Å². The predicted octanol–water partition coefficient (Wildman–Crippen LogP) is 4.55. The van der Waals surface area contributed by atoms with Gasteiger partial charge in [-0.3, -0.25) is 0 Å². The molecule has 3 heterocycles. The molecule has 0 aliphatic rings. The van der Waals surface area contributed by atoms with Crippen molar-refractivity contribution in [2.75, 3.05) is 5.32 Å². The molecule has 0 atom stereocenters. The molecule has 0 aliphatic carbocycles. The molecule has 0 saturated heterocycles. The zero-order valence-electron chi connectivity index (χ0n) is 13.3. The van der Waals surface area contributed by atoms with E-state index in [0.717, 1.165) is 9.88 Å². The van der Waals surface area contributed by atoms with Gasteiger partial charge in [-0.05, 0) is 31.2 Å². The van der Waals surface area contributed by atoms with E-state index in [-0.39, 0.29) is 5.52 Å². The lowest BCUT2D eigenvalue weighted by molar-refractivity contribution is -0.144. The van der Waals surface area contributed by atoms with Crippen molar-refractivity contribution in [3.63, 3.8) is 0 Å². The van der Waals surface area contributed by atoms with E-state index in [1.54, 1.807) is 24.5 Å². The van der Waals surface area contributed by atoms with Crippen LogP contribution >= 0.6 is 11.3 Å². The maximum Gasteiger partial charge on any atom is 0.449 e. The van der Waals surface area contributed by atoms with Crippen LogP contribution in [0.25, 0.3) is 21.7 Å². The number of benzene rings is 1. The summed E-state index contributed by atoms with van der Waals surface area (Å²) in [5.41, 5.74) is 1.70. The van der Waals surface area contributed by atoms with Crippen molar-refractivity contribution >= 4 is 34.0 Å². The summed E-state index contributed by atoms with van der Waals surface area (Å²) in [6.07, 6.45) is -1.16. The topological polar surface area (TPSA) is 79.4 Å². The summed E-state index contributed by atoms with van der Waals surface area (Å²) in [6, 6.07) is 6.40. The maximum absolute atomic E-state index is 12.7. The monoisotopic (exact) mass is 376 g/mol. The molecule has 26 heavy (non-hydrogen) atoms. The van der Waals surface area contributed by atoms with Crippen LogP contribution in [0.5, 0.6) is 0 Å². The first kappa shape index (κ1) is 16.5. The molecule has 4 aromatic rings. The molecule has 0 saturated carbocycles. The Morgan fingerprint density at radius 2 is 1.96 bits per heavy atom. The van der Waals surface area contributed by atoms with Gasteiger partial charge in [0, 0.05) is 23.0 Å². The highest BCUT2D eigenvalue weighted by Crippen LogP contribution is 2.30. The van der Waals surface area contributed by atoms with E-state index in [1.165, 1.54) is 23.5 Å². The van der Waals surface area contributed by atoms with Crippen molar-refractivity contribution in [3.05, 3.63) is 47.4 Å². The molecule has 10 heteroatoms. The summed E-state index contributed by atoms with van der Waals surface area (Å²) in [7, 11) is 0. The van der Waals surface area contributed by atoms with Gasteiger partial charge in [0.05, 0.1) is 11.0 Å². The van der Waals surface area contributed by atoms with E-state index in [1.807, 2.05) is 6.92 Å². The summed E-state index contributed by atoms with van der Waals surface area (Å²) in [5.74, 6) is -0.705. The molecular formula is C16H11F3N6S.